The molecule has 1 rings (SSSR count). The molecule has 0 radical (unpaired) electrons. The number of alkyl halides is 2. The van der Waals surface area contributed by atoms with Crippen molar-refractivity contribution in [3.63, 3.8) is 0 Å². The van der Waals surface area contributed by atoms with Crippen LogP contribution in [-0.4, -0.2) is 6.54 Å². The van der Waals surface area contributed by atoms with Crippen molar-refractivity contribution in [1.29, 1.82) is 0 Å². The summed E-state index contributed by atoms with van der Waals surface area (Å²) >= 11 is 0. The van der Waals surface area contributed by atoms with Crippen LogP contribution in [0.3, 0.4) is 0 Å². The maximum atomic E-state index is 13.1. The van der Waals surface area contributed by atoms with Crippen LogP contribution in [0.25, 0.3) is 0 Å². The number of halogens is 3. The van der Waals surface area contributed by atoms with E-state index in [0.29, 0.717) is 0 Å². The van der Waals surface area contributed by atoms with Crippen molar-refractivity contribution in [1.82, 2.24) is 0 Å². The first-order valence-corrected chi connectivity index (χ1v) is 3.91. The van der Waals surface area contributed by atoms with Crippen LogP contribution >= 0.6 is 0 Å². The van der Waals surface area contributed by atoms with E-state index in [-0.39, 0.29) is 6.54 Å². The Bertz CT molecular complexity index is 286. The van der Waals surface area contributed by atoms with Gasteiger partial charge in [0, 0.05) is 6.42 Å². The van der Waals surface area contributed by atoms with Gasteiger partial charge in [-0.3, -0.25) is 0 Å². The van der Waals surface area contributed by atoms with Crippen molar-refractivity contribution < 1.29 is 13.2 Å². The highest BCUT2D eigenvalue weighted by Gasteiger charge is 2.32. The quantitative estimate of drug-likeness (QED) is 0.775. The zero-order valence-electron chi connectivity index (χ0n) is 6.93. The van der Waals surface area contributed by atoms with Gasteiger partial charge in [0.25, 0.3) is 5.92 Å². The van der Waals surface area contributed by atoms with Gasteiger partial charge in [-0.05, 0) is 12.6 Å². The molecule has 2 N–H and O–H groups in total. The Morgan fingerprint density at radius 2 is 1.85 bits per heavy atom. The first kappa shape index (κ1) is 10.1. The van der Waals surface area contributed by atoms with E-state index in [1.54, 1.807) is 0 Å². The molecule has 0 fully saturated rings. The van der Waals surface area contributed by atoms with E-state index >= 15 is 0 Å². The van der Waals surface area contributed by atoms with Crippen LogP contribution < -0.4 is 5.73 Å². The van der Waals surface area contributed by atoms with Crippen molar-refractivity contribution in [2.75, 3.05) is 6.54 Å². The third-order valence-electron chi connectivity index (χ3n) is 1.73. The molecule has 72 valence electrons. The van der Waals surface area contributed by atoms with E-state index in [1.807, 2.05) is 0 Å². The topological polar surface area (TPSA) is 26.0 Å². The molecule has 0 saturated heterocycles. The fourth-order valence-corrected chi connectivity index (χ4v) is 1.07. The highest BCUT2D eigenvalue weighted by atomic mass is 19.3. The molecule has 0 spiro atoms. The minimum absolute atomic E-state index is 0.165. The van der Waals surface area contributed by atoms with E-state index in [4.69, 9.17) is 5.73 Å². The average Bonchev–Trinajstić information content (AvgIpc) is 2.04. The Morgan fingerprint density at radius 3 is 2.38 bits per heavy atom. The summed E-state index contributed by atoms with van der Waals surface area (Å²) < 4.78 is 39.1. The third kappa shape index (κ3) is 2.21. The van der Waals surface area contributed by atoms with E-state index in [9.17, 15) is 13.2 Å². The van der Waals surface area contributed by atoms with Crippen molar-refractivity contribution >= 4 is 0 Å². The van der Waals surface area contributed by atoms with Crippen LogP contribution in [0.15, 0.2) is 24.3 Å². The summed E-state index contributed by atoms with van der Waals surface area (Å²) in [6.45, 7) is -0.165. The third-order valence-corrected chi connectivity index (χ3v) is 1.73. The van der Waals surface area contributed by atoms with Gasteiger partial charge in [0.1, 0.15) is 5.82 Å². The summed E-state index contributed by atoms with van der Waals surface area (Å²) in [5.74, 6) is -4.05. The summed E-state index contributed by atoms with van der Waals surface area (Å²) in [6.07, 6.45) is -0.534. The van der Waals surface area contributed by atoms with Gasteiger partial charge >= 0.3 is 0 Å². The van der Waals surface area contributed by atoms with Crippen LogP contribution in [0.5, 0.6) is 0 Å². The normalized spacial score (nSPS) is 11.7. The van der Waals surface area contributed by atoms with E-state index in [0.717, 1.165) is 12.1 Å². The minimum Gasteiger partial charge on any atom is -0.330 e. The molecule has 1 nitrogen and oxygen atoms in total. The van der Waals surface area contributed by atoms with Gasteiger partial charge in [0.2, 0.25) is 0 Å². The van der Waals surface area contributed by atoms with Gasteiger partial charge in [0.05, 0.1) is 5.56 Å². The van der Waals surface area contributed by atoms with Gasteiger partial charge in [-0.1, -0.05) is 18.2 Å². The lowest BCUT2D eigenvalue weighted by Crippen LogP contribution is -2.19. The molecule has 13 heavy (non-hydrogen) atoms. The monoisotopic (exact) mass is 189 g/mol. The molecular formula is C9H10F3N. The molecule has 4 heteroatoms. The second kappa shape index (κ2) is 3.79. The van der Waals surface area contributed by atoms with Gasteiger partial charge in [-0.2, -0.15) is 0 Å². The molecule has 0 atom stereocenters. The number of hydrogen-bond donors (Lipinski definition) is 1. The zero-order chi connectivity index (χ0) is 9.90. The summed E-state index contributed by atoms with van der Waals surface area (Å²) in [4.78, 5) is 0. The average molecular weight is 189 g/mol. The fraction of sp³-hybridized carbons (Fsp3) is 0.333. The van der Waals surface area contributed by atoms with Crippen LogP contribution in [0.1, 0.15) is 12.0 Å². The van der Waals surface area contributed by atoms with Crippen molar-refractivity contribution in [2.45, 2.75) is 12.3 Å². The molecule has 0 aliphatic rings. The molecule has 0 aliphatic heterocycles. The van der Waals surface area contributed by atoms with Crippen molar-refractivity contribution in [3.8, 4) is 0 Å². The second-order valence-electron chi connectivity index (χ2n) is 2.72. The molecule has 0 aliphatic carbocycles. The summed E-state index contributed by atoms with van der Waals surface area (Å²) in [5, 5.41) is 0. The molecule has 1 aromatic rings. The molecule has 0 saturated carbocycles. The zero-order valence-corrected chi connectivity index (χ0v) is 6.93. The number of benzene rings is 1. The maximum absolute atomic E-state index is 13.1. The van der Waals surface area contributed by atoms with Gasteiger partial charge < -0.3 is 5.73 Å². The van der Waals surface area contributed by atoms with Gasteiger partial charge in [-0.15, -0.1) is 0 Å². The number of rotatable bonds is 3. The number of nitrogens with two attached hydrogens (primary N) is 1. The fourth-order valence-electron chi connectivity index (χ4n) is 1.07. The summed E-state index contributed by atoms with van der Waals surface area (Å²) in [6, 6.07) is 4.84. The molecule has 0 amide bonds. The Kier molecular flexibility index (Phi) is 2.93. The molecule has 1 aromatic carbocycles. The van der Waals surface area contributed by atoms with E-state index in [2.05, 4.69) is 0 Å². The van der Waals surface area contributed by atoms with E-state index in [1.165, 1.54) is 12.1 Å². The maximum Gasteiger partial charge on any atom is 0.277 e. The standard InChI is InChI=1S/C9H10F3N/c10-8-4-2-1-3-7(8)9(11,12)5-6-13/h1-4H,5-6,13H2. The first-order valence-electron chi connectivity index (χ1n) is 3.91. The Hall–Kier alpha value is -1.03. The molecule has 0 bridgehead atoms. The van der Waals surface area contributed by atoms with Crippen LogP contribution in [0, 0.1) is 5.82 Å². The predicted molar refractivity (Wildman–Crippen MR) is 44.0 cm³/mol. The van der Waals surface area contributed by atoms with Gasteiger partial charge in [0.15, 0.2) is 0 Å². The van der Waals surface area contributed by atoms with Crippen molar-refractivity contribution in [3.05, 3.63) is 35.6 Å². The lowest BCUT2D eigenvalue weighted by molar-refractivity contribution is -0.0141. The van der Waals surface area contributed by atoms with Crippen molar-refractivity contribution in [2.24, 2.45) is 5.73 Å². The summed E-state index contributed by atoms with van der Waals surface area (Å²) in [5.41, 5.74) is 4.42. The first-order chi connectivity index (χ1) is 6.08. The Morgan fingerprint density at radius 1 is 1.23 bits per heavy atom. The Labute approximate surface area is 74.4 Å². The minimum atomic E-state index is -3.17. The SMILES string of the molecule is NCCC(F)(F)c1ccccc1F. The van der Waals surface area contributed by atoms with Crippen LogP contribution in [0.2, 0.25) is 0 Å². The highest BCUT2D eigenvalue weighted by molar-refractivity contribution is 5.22. The lowest BCUT2D eigenvalue weighted by atomic mass is 10.1. The van der Waals surface area contributed by atoms with E-state index < -0.39 is 23.7 Å². The molecule has 0 unspecified atom stereocenters. The molecule has 0 heterocycles. The molecule has 0 aromatic heterocycles. The largest absolute Gasteiger partial charge is 0.330 e. The predicted octanol–water partition coefficient (Wildman–Crippen LogP) is 2.27. The summed E-state index contributed by atoms with van der Waals surface area (Å²) in [7, 11) is 0. The lowest BCUT2D eigenvalue weighted by Gasteiger charge is -2.15. The smallest absolute Gasteiger partial charge is 0.277 e. The highest BCUT2D eigenvalue weighted by Crippen LogP contribution is 2.32. The van der Waals surface area contributed by atoms with Crippen LogP contribution in [-0.2, 0) is 5.92 Å². The molecular weight excluding hydrogens is 179 g/mol. The van der Waals surface area contributed by atoms with Crippen LogP contribution in [0.4, 0.5) is 13.2 Å². The second-order valence-corrected chi connectivity index (χ2v) is 2.72. The Balaban J connectivity index is 2.99. The van der Waals surface area contributed by atoms with Gasteiger partial charge in [-0.25, -0.2) is 13.2 Å². The number of hydrogen-bond acceptors (Lipinski definition) is 1.